The first kappa shape index (κ1) is 22.0. The summed E-state index contributed by atoms with van der Waals surface area (Å²) < 4.78 is 45.2. The minimum atomic E-state index is -4.37. The van der Waals surface area contributed by atoms with Crippen molar-refractivity contribution in [2.45, 2.75) is 31.1 Å². The van der Waals surface area contributed by atoms with Gasteiger partial charge in [-0.1, -0.05) is 23.9 Å². The normalized spacial score (nSPS) is 13.7. The Morgan fingerprint density at radius 3 is 2.53 bits per heavy atom. The molecule has 9 heteroatoms. The van der Waals surface area contributed by atoms with Crippen molar-refractivity contribution < 1.29 is 17.9 Å². The van der Waals surface area contributed by atoms with E-state index in [1.807, 2.05) is 30.5 Å². The number of aromatic nitrogens is 2. The third kappa shape index (κ3) is 5.16. The molecule has 4 rings (SSSR count). The topological polar surface area (TPSA) is 59.7 Å². The largest absolute Gasteiger partial charge is 0.439 e. The first-order valence-electron chi connectivity index (χ1n) is 9.76. The molecule has 3 aromatic rings. The zero-order valence-corrected chi connectivity index (χ0v) is 18.2. The van der Waals surface area contributed by atoms with Crippen LogP contribution in [0.3, 0.4) is 0 Å². The highest BCUT2D eigenvalue weighted by molar-refractivity contribution is 7.98. The second-order valence-corrected chi connectivity index (χ2v) is 7.99. The lowest BCUT2D eigenvalue weighted by molar-refractivity contribution is -0.138. The molecule has 0 N–H and O–H groups in total. The molecule has 0 aliphatic carbocycles. The van der Waals surface area contributed by atoms with Crippen molar-refractivity contribution in [3.63, 3.8) is 0 Å². The van der Waals surface area contributed by atoms with Crippen LogP contribution in [0, 0.1) is 6.92 Å². The zero-order valence-electron chi connectivity index (χ0n) is 17.3. The molecule has 0 amide bonds. The van der Waals surface area contributed by atoms with Gasteiger partial charge in [-0.3, -0.25) is 0 Å². The van der Waals surface area contributed by atoms with Crippen LogP contribution in [0.5, 0.6) is 11.6 Å². The van der Waals surface area contributed by atoms with E-state index in [0.717, 1.165) is 17.0 Å². The van der Waals surface area contributed by atoms with Crippen LogP contribution < -0.4 is 4.74 Å². The van der Waals surface area contributed by atoms with Gasteiger partial charge in [0.1, 0.15) is 5.75 Å². The summed E-state index contributed by atoms with van der Waals surface area (Å²) in [5.74, 6) is 1.08. The van der Waals surface area contributed by atoms with Gasteiger partial charge in [0.25, 0.3) is 0 Å². The third-order valence-corrected chi connectivity index (χ3v) is 5.46. The highest BCUT2D eigenvalue weighted by Crippen LogP contribution is 2.32. The van der Waals surface area contributed by atoms with Crippen molar-refractivity contribution in [2.24, 2.45) is 10.2 Å². The molecule has 0 saturated heterocycles. The molecule has 164 valence electrons. The number of aryl methyl sites for hydroxylation is 1. The molecule has 0 unspecified atom stereocenters. The number of nitrogens with zero attached hydrogens (tertiary/aromatic N) is 4. The summed E-state index contributed by atoms with van der Waals surface area (Å²) in [5, 5.41) is 9.04. The number of ether oxygens (including phenoxy) is 1. The lowest BCUT2D eigenvalue weighted by Gasteiger charge is -2.12. The average molecular weight is 456 g/mol. The monoisotopic (exact) mass is 456 g/mol. The molecule has 0 saturated carbocycles. The average Bonchev–Trinajstić information content (AvgIpc) is 3.23. The van der Waals surface area contributed by atoms with E-state index in [4.69, 9.17) is 4.74 Å². The highest BCUT2D eigenvalue weighted by atomic mass is 32.2. The fraction of sp³-hybridized carbons (Fsp3) is 0.217. The summed E-state index contributed by atoms with van der Waals surface area (Å²) in [4.78, 5) is 8.39. The smallest absolute Gasteiger partial charge is 0.416 e. The zero-order chi connectivity index (χ0) is 22.7. The van der Waals surface area contributed by atoms with Crippen LogP contribution in [-0.2, 0) is 12.6 Å². The summed E-state index contributed by atoms with van der Waals surface area (Å²) in [6.07, 6.45) is -0.0335. The van der Waals surface area contributed by atoms with Crippen molar-refractivity contribution in [1.82, 2.24) is 9.97 Å². The minimum absolute atomic E-state index is 0.209. The Bertz CT molecular complexity index is 1190. The van der Waals surface area contributed by atoms with Gasteiger partial charge in [-0.15, -0.1) is 0 Å². The Labute approximate surface area is 187 Å². The fourth-order valence-corrected chi connectivity index (χ4v) is 3.64. The Balaban J connectivity index is 1.39. The van der Waals surface area contributed by atoms with Gasteiger partial charge in [0.15, 0.2) is 5.16 Å². The van der Waals surface area contributed by atoms with E-state index >= 15 is 0 Å². The highest BCUT2D eigenvalue weighted by Gasteiger charge is 2.32. The van der Waals surface area contributed by atoms with E-state index in [1.165, 1.54) is 30.8 Å². The van der Waals surface area contributed by atoms with Crippen LogP contribution in [-0.4, -0.2) is 27.6 Å². The molecule has 32 heavy (non-hydrogen) atoms. The van der Waals surface area contributed by atoms with Crippen molar-refractivity contribution in [3.8, 4) is 11.6 Å². The lowest BCUT2D eigenvalue weighted by Crippen LogP contribution is -2.10. The Morgan fingerprint density at radius 2 is 1.81 bits per heavy atom. The number of thioether (sulfide) groups is 1. The van der Waals surface area contributed by atoms with Crippen LogP contribution in [0.4, 0.5) is 13.2 Å². The maximum atomic E-state index is 13.2. The quantitative estimate of drug-likeness (QED) is 0.332. The van der Waals surface area contributed by atoms with E-state index < -0.39 is 11.7 Å². The molecule has 1 aliphatic heterocycles. The Morgan fingerprint density at radius 1 is 1.03 bits per heavy atom. The summed E-state index contributed by atoms with van der Waals surface area (Å²) in [5.41, 5.74) is 2.53. The molecular formula is C23H19F3N4OS. The first-order chi connectivity index (χ1) is 15.3. The van der Waals surface area contributed by atoms with Crippen LogP contribution in [0.2, 0.25) is 0 Å². The third-order valence-electron chi connectivity index (χ3n) is 4.90. The van der Waals surface area contributed by atoms with Crippen LogP contribution in [0.15, 0.2) is 70.1 Å². The van der Waals surface area contributed by atoms with Gasteiger partial charge in [-0.25, -0.2) is 4.98 Å². The maximum Gasteiger partial charge on any atom is 0.416 e. The van der Waals surface area contributed by atoms with Gasteiger partial charge in [0.2, 0.25) is 5.88 Å². The van der Waals surface area contributed by atoms with Crippen LogP contribution in [0.1, 0.15) is 28.7 Å². The number of benzene rings is 2. The molecule has 5 nitrogen and oxygen atoms in total. The van der Waals surface area contributed by atoms with Crippen LogP contribution in [0.25, 0.3) is 0 Å². The van der Waals surface area contributed by atoms with E-state index in [-0.39, 0.29) is 5.56 Å². The lowest BCUT2D eigenvalue weighted by atomic mass is 9.98. The second-order valence-electron chi connectivity index (χ2n) is 7.22. The number of hydrogen-bond acceptors (Lipinski definition) is 6. The predicted molar refractivity (Wildman–Crippen MR) is 119 cm³/mol. The SMILES string of the molecule is CSc1nccc(Oc2ccc(C3=NN=C(Cc4ccc(C)c(C(F)(F)F)c4)C3)cc2)n1. The number of rotatable bonds is 6. The van der Waals surface area contributed by atoms with E-state index in [0.29, 0.717) is 35.2 Å². The van der Waals surface area contributed by atoms with E-state index in [1.54, 1.807) is 18.3 Å². The van der Waals surface area contributed by atoms with E-state index in [9.17, 15) is 13.2 Å². The molecule has 0 bridgehead atoms. The molecule has 0 radical (unpaired) electrons. The Kier molecular flexibility index (Phi) is 6.27. The molecule has 0 spiro atoms. The molecular weight excluding hydrogens is 437 g/mol. The number of halogens is 3. The summed E-state index contributed by atoms with van der Waals surface area (Å²) in [6.45, 7) is 1.46. The van der Waals surface area contributed by atoms with Gasteiger partial charge >= 0.3 is 6.18 Å². The van der Waals surface area contributed by atoms with Crippen LogP contribution >= 0.6 is 11.8 Å². The number of alkyl halides is 3. The molecule has 1 aromatic heterocycles. The van der Waals surface area contributed by atoms with Gasteiger partial charge < -0.3 is 4.74 Å². The first-order valence-corrected chi connectivity index (χ1v) is 11.0. The minimum Gasteiger partial charge on any atom is -0.439 e. The van der Waals surface area contributed by atoms with Gasteiger partial charge in [0, 0.05) is 25.1 Å². The van der Waals surface area contributed by atoms with Crippen molar-refractivity contribution in [2.75, 3.05) is 6.26 Å². The van der Waals surface area contributed by atoms with Gasteiger partial charge in [-0.2, -0.15) is 28.4 Å². The molecule has 0 atom stereocenters. The second kappa shape index (κ2) is 9.12. The standard InChI is InChI=1S/C23H19F3N4OS/c1-14-3-4-15(12-19(14)23(24,25)26)11-17-13-20(30-29-17)16-5-7-18(8-6-16)31-21-9-10-27-22(28-21)32-2/h3-10,12H,11,13H2,1-2H3. The molecule has 1 aliphatic rings. The van der Waals surface area contributed by atoms with Crippen molar-refractivity contribution in [1.29, 1.82) is 0 Å². The van der Waals surface area contributed by atoms with Crippen molar-refractivity contribution >= 4 is 23.2 Å². The summed E-state index contributed by atoms with van der Waals surface area (Å²) >= 11 is 1.43. The Hall–Kier alpha value is -3.20. The van der Waals surface area contributed by atoms with Crippen molar-refractivity contribution in [3.05, 3.63) is 77.0 Å². The predicted octanol–water partition coefficient (Wildman–Crippen LogP) is 6.11. The number of hydrogen-bond donors (Lipinski definition) is 0. The summed E-state index contributed by atoms with van der Waals surface area (Å²) in [6, 6.07) is 13.4. The van der Waals surface area contributed by atoms with E-state index in [2.05, 4.69) is 20.2 Å². The molecule has 0 fully saturated rings. The fourth-order valence-electron chi connectivity index (χ4n) is 3.29. The van der Waals surface area contributed by atoms with Gasteiger partial charge in [-0.05, 0) is 60.2 Å². The van der Waals surface area contributed by atoms with Gasteiger partial charge in [0.05, 0.1) is 17.0 Å². The molecule has 2 aromatic carbocycles. The maximum absolute atomic E-state index is 13.2. The summed E-state index contributed by atoms with van der Waals surface area (Å²) in [7, 11) is 0. The molecule has 2 heterocycles.